The maximum Gasteiger partial charge on any atom is 0.415 e. The molecular weight excluding hydrogens is 452 g/mol. The molecule has 35 heavy (non-hydrogen) atoms. The zero-order valence-electron chi connectivity index (χ0n) is 19.6. The van der Waals surface area contributed by atoms with Gasteiger partial charge in [-0.1, -0.05) is 6.07 Å². The van der Waals surface area contributed by atoms with E-state index in [0.29, 0.717) is 5.82 Å². The van der Waals surface area contributed by atoms with Gasteiger partial charge in [-0.2, -0.15) is 9.61 Å². The van der Waals surface area contributed by atoms with Gasteiger partial charge in [0.05, 0.1) is 6.20 Å². The van der Waals surface area contributed by atoms with Gasteiger partial charge in [0.1, 0.15) is 34.3 Å². The maximum atomic E-state index is 13.1. The number of hydrogen-bond acceptors (Lipinski definition) is 8. The fourth-order valence-corrected chi connectivity index (χ4v) is 3.25. The Kier molecular flexibility index (Phi) is 5.95. The molecule has 0 atom stereocenters. The van der Waals surface area contributed by atoms with Crippen LogP contribution in [0.1, 0.15) is 31.1 Å². The zero-order chi connectivity index (χ0) is 25.3. The number of nitrogens with two attached hydrogens (primary N) is 1. The third-order valence-corrected chi connectivity index (χ3v) is 4.84. The lowest BCUT2D eigenvalue weighted by atomic mass is 10.2. The minimum absolute atomic E-state index is 0.0476. The zero-order valence-corrected chi connectivity index (χ0v) is 19.6. The molecule has 4 rings (SSSR count). The summed E-state index contributed by atoms with van der Waals surface area (Å²) in [5, 5.41) is 7.13. The van der Waals surface area contributed by atoms with E-state index in [9.17, 15) is 14.4 Å². The second-order valence-corrected chi connectivity index (χ2v) is 8.61. The van der Waals surface area contributed by atoms with E-state index in [0.717, 1.165) is 0 Å². The lowest BCUT2D eigenvalue weighted by Gasteiger charge is -2.25. The first-order valence-corrected chi connectivity index (χ1v) is 10.6. The van der Waals surface area contributed by atoms with Crippen LogP contribution in [0.2, 0.25) is 0 Å². The van der Waals surface area contributed by atoms with Crippen molar-refractivity contribution in [2.75, 3.05) is 17.3 Å². The summed E-state index contributed by atoms with van der Waals surface area (Å²) in [5.41, 5.74) is 4.72. The lowest BCUT2D eigenvalue weighted by Crippen LogP contribution is -2.35. The third-order valence-electron chi connectivity index (χ3n) is 4.84. The number of ether oxygens (including phenoxy) is 1. The highest BCUT2D eigenvalue weighted by molar-refractivity contribution is 5.99. The van der Waals surface area contributed by atoms with Crippen molar-refractivity contribution in [3.8, 4) is 5.82 Å². The number of hydrogen-bond donors (Lipinski definition) is 2. The minimum atomic E-state index is -0.743. The van der Waals surface area contributed by atoms with Crippen molar-refractivity contribution in [1.29, 1.82) is 0 Å². The molecule has 180 valence electrons. The van der Waals surface area contributed by atoms with Crippen molar-refractivity contribution in [3.63, 3.8) is 0 Å². The quantitative estimate of drug-likeness (QED) is 0.446. The van der Waals surface area contributed by atoms with Gasteiger partial charge in [0.2, 0.25) is 0 Å². The number of nitrogens with zero attached hydrogens (tertiary/aromatic N) is 6. The molecule has 0 unspecified atom stereocenters. The predicted octanol–water partition coefficient (Wildman–Crippen LogP) is 2.49. The van der Waals surface area contributed by atoms with Gasteiger partial charge in [-0.25, -0.2) is 14.8 Å². The van der Waals surface area contributed by atoms with Crippen molar-refractivity contribution >= 4 is 35.0 Å². The maximum absolute atomic E-state index is 13.1. The summed E-state index contributed by atoms with van der Waals surface area (Å²) >= 11 is 0. The summed E-state index contributed by atoms with van der Waals surface area (Å²) in [6.07, 6.45) is 3.79. The molecule has 4 aromatic heterocycles. The SMILES string of the molecule is CN(C(=O)OC(C)(C)C)c1cc(Nc2cccn(-c3ccccn3)c2=O)nc2c(C(N)=O)cnn12. The number of rotatable bonds is 5. The molecule has 0 radical (unpaired) electrons. The fraction of sp³-hybridized carbons (Fsp3) is 0.217. The van der Waals surface area contributed by atoms with Crippen molar-refractivity contribution in [1.82, 2.24) is 24.1 Å². The van der Waals surface area contributed by atoms with Crippen molar-refractivity contribution in [3.05, 3.63) is 70.9 Å². The summed E-state index contributed by atoms with van der Waals surface area (Å²) in [4.78, 5) is 47.6. The Labute approximate surface area is 200 Å². The average Bonchev–Trinajstić information content (AvgIpc) is 3.23. The van der Waals surface area contributed by atoms with Gasteiger partial charge in [-0.3, -0.25) is 19.1 Å². The Morgan fingerprint density at radius 2 is 1.94 bits per heavy atom. The number of carbonyl (C=O) groups excluding carboxylic acids is 2. The molecule has 12 heteroatoms. The van der Waals surface area contributed by atoms with E-state index in [1.54, 1.807) is 63.5 Å². The minimum Gasteiger partial charge on any atom is -0.443 e. The molecule has 0 fully saturated rings. The summed E-state index contributed by atoms with van der Waals surface area (Å²) in [5.74, 6) is 0.122. The van der Waals surface area contributed by atoms with Gasteiger partial charge in [0.15, 0.2) is 5.65 Å². The molecule has 0 aliphatic rings. The molecule has 2 amide bonds. The van der Waals surface area contributed by atoms with E-state index in [-0.39, 0.29) is 34.1 Å². The molecule has 0 saturated carbocycles. The first-order valence-electron chi connectivity index (χ1n) is 10.6. The summed E-state index contributed by atoms with van der Waals surface area (Å²) in [6.45, 7) is 5.24. The lowest BCUT2D eigenvalue weighted by molar-refractivity contribution is 0.0587. The largest absolute Gasteiger partial charge is 0.443 e. The van der Waals surface area contributed by atoms with E-state index < -0.39 is 17.6 Å². The highest BCUT2D eigenvalue weighted by Crippen LogP contribution is 2.24. The van der Waals surface area contributed by atoms with Gasteiger partial charge in [0.25, 0.3) is 11.5 Å². The molecule has 4 heterocycles. The molecule has 3 N–H and O–H groups in total. The summed E-state index contributed by atoms with van der Waals surface area (Å²) in [7, 11) is 1.49. The number of pyridine rings is 2. The monoisotopic (exact) mass is 476 g/mol. The topological polar surface area (TPSA) is 150 Å². The summed E-state index contributed by atoms with van der Waals surface area (Å²) < 4.78 is 8.13. The van der Waals surface area contributed by atoms with E-state index in [4.69, 9.17) is 10.5 Å². The van der Waals surface area contributed by atoms with Gasteiger partial charge in [-0.15, -0.1) is 0 Å². The van der Waals surface area contributed by atoms with Crippen LogP contribution in [-0.2, 0) is 4.74 Å². The fourth-order valence-electron chi connectivity index (χ4n) is 3.25. The van der Waals surface area contributed by atoms with Crippen molar-refractivity contribution < 1.29 is 14.3 Å². The van der Waals surface area contributed by atoms with E-state index >= 15 is 0 Å². The van der Waals surface area contributed by atoms with Gasteiger partial charge in [0, 0.05) is 25.5 Å². The first kappa shape index (κ1) is 23.4. The van der Waals surface area contributed by atoms with Crippen LogP contribution in [0, 0.1) is 0 Å². The molecule has 0 saturated heterocycles. The Morgan fingerprint density at radius 3 is 2.60 bits per heavy atom. The number of primary amides is 1. The van der Waals surface area contributed by atoms with Crippen LogP contribution in [0.25, 0.3) is 11.5 Å². The van der Waals surface area contributed by atoms with Crippen LogP contribution in [0.3, 0.4) is 0 Å². The van der Waals surface area contributed by atoms with Crippen molar-refractivity contribution in [2.24, 2.45) is 5.73 Å². The van der Waals surface area contributed by atoms with E-state index in [1.165, 1.54) is 33.3 Å². The molecule has 0 aliphatic carbocycles. The molecule has 0 aromatic carbocycles. The van der Waals surface area contributed by atoms with Gasteiger partial charge >= 0.3 is 6.09 Å². The highest BCUT2D eigenvalue weighted by atomic mass is 16.6. The molecule has 0 aliphatic heterocycles. The second-order valence-electron chi connectivity index (χ2n) is 8.61. The highest BCUT2D eigenvalue weighted by Gasteiger charge is 2.25. The van der Waals surface area contributed by atoms with Gasteiger partial charge < -0.3 is 15.8 Å². The van der Waals surface area contributed by atoms with Gasteiger partial charge in [-0.05, 0) is 45.0 Å². The Morgan fingerprint density at radius 1 is 1.17 bits per heavy atom. The van der Waals surface area contributed by atoms with E-state index in [2.05, 4.69) is 20.4 Å². The number of amides is 2. The molecule has 0 bridgehead atoms. The normalized spacial score (nSPS) is 11.3. The van der Waals surface area contributed by atoms with Crippen LogP contribution in [0.5, 0.6) is 0 Å². The smallest absolute Gasteiger partial charge is 0.415 e. The van der Waals surface area contributed by atoms with Crippen LogP contribution in [0.15, 0.2) is 59.8 Å². The van der Waals surface area contributed by atoms with Crippen LogP contribution in [-0.4, -0.2) is 48.8 Å². The third kappa shape index (κ3) is 4.81. The Balaban J connectivity index is 1.80. The number of aromatic nitrogens is 5. The molecule has 4 aromatic rings. The van der Waals surface area contributed by atoms with Crippen LogP contribution < -0.4 is 21.5 Å². The van der Waals surface area contributed by atoms with Crippen molar-refractivity contribution in [2.45, 2.75) is 26.4 Å². The Hall–Kier alpha value is -4.74. The second kappa shape index (κ2) is 8.89. The molecular formula is C23H24N8O4. The summed E-state index contributed by atoms with van der Waals surface area (Å²) in [6, 6.07) is 9.99. The van der Waals surface area contributed by atoms with Crippen LogP contribution >= 0.6 is 0 Å². The number of anilines is 3. The molecule has 12 nitrogen and oxygen atoms in total. The number of carbonyl (C=O) groups is 2. The average molecular weight is 476 g/mol. The van der Waals surface area contributed by atoms with Crippen LogP contribution in [0.4, 0.5) is 22.1 Å². The van der Waals surface area contributed by atoms with E-state index in [1.807, 2.05) is 0 Å². The predicted molar refractivity (Wildman–Crippen MR) is 129 cm³/mol. The molecule has 0 spiro atoms. The standard InChI is InChI=1S/C23H24N8O4/c1-23(2,3)35-22(34)29(4)18-12-16(28-20-14(19(24)32)13-26-31(18)20)27-15-8-7-11-30(21(15)33)17-9-5-6-10-25-17/h5-13H,1-4H3,(H2,24,32)(H,27,28). The number of nitrogens with one attached hydrogen (secondary N) is 1. The number of fused-ring (bicyclic) bond motifs is 1. The first-order chi connectivity index (χ1) is 16.5. The Bertz CT molecular complexity index is 1470.